The largest absolute Gasteiger partial charge is 0.373 e. The monoisotopic (exact) mass is 478 g/mol. The molecule has 0 aliphatic carbocycles. The molecule has 2 amide bonds. The van der Waals surface area contributed by atoms with E-state index in [0.717, 1.165) is 12.0 Å². The fourth-order valence-corrected chi connectivity index (χ4v) is 6.94. The summed E-state index contributed by atoms with van der Waals surface area (Å²) < 4.78 is 34.9. The molecule has 33 heavy (non-hydrogen) atoms. The van der Waals surface area contributed by atoms with Crippen LogP contribution < -0.4 is 0 Å². The van der Waals surface area contributed by atoms with E-state index in [2.05, 4.69) is 6.07 Å². The van der Waals surface area contributed by atoms with Crippen molar-refractivity contribution in [1.29, 1.82) is 0 Å². The van der Waals surface area contributed by atoms with Gasteiger partial charge in [-0.1, -0.05) is 24.3 Å². The average Bonchev–Trinajstić information content (AvgIpc) is 2.78. The molecule has 0 N–H and O–H groups in total. The summed E-state index contributed by atoms with van der Waals surface area (Å²) in [6, 6.07) is 7.70. The molecule has 3 aliphatic heterocycles. The number of amides is 2. The molecule has 0 aromatic heterocycles. The zero-order chi connectivity index (χ0) is 23.8. The van der Waals surface area contributed by atoms with Gasteiger partial charge in [-0.05, 0) is 31.4 Å². The van der Waals surface area contributed by atoms with E-state index in [1.807, 2.05) is 32.0 Å². The number of ether oxygens (including phenoxy) is 1. The second kappa shape index (κ2) is 9.69. The molecular formula is C23H34N4O5S. The van der Waals surface area contributed by atoms with E-state index in [4.69, 9.17) is 4.74 Å². The van der Waals surface area contributed by atoms with Crippen LogP contribution in [0.1, 0.15) is 44.4 Å². The van der Waals surface area contributed by atoms with E-state index in [1.165, 1.54) is 14.2 Å². The van der Waals surface area contributed by atoms with Gasteiger partial charge in [-0.25, -0.2) is 0 Å². The maximum atomic E-state index is 13.2. The summed E-state index contributed by atoms with van der Waals surface area (Å²) in [5.74, 6) is -0.0826. The van der Waals surface area contributed by atoms with Gasteiger partial charge in [-0.3, -0.25) is 9.59 Å². The van der Waals surface area contributed by atoms with Crippen molar-refractivity contribution in [2.24, 2.45) is 0 Å². The zero-order valence-corrected chi connectivity index (χ0v) is 20.5. The van der Waals surface area contributed by atoms with Crippen molar-refractivity contribution in [1.82, 2.24) is 18.4 Å². The highest BCUT2D eigenvalue weighted by Gasteiger charge is 2.38. The first kappa shape index (κ1) is 24.1. The third kappa shape index (κ3) is 5.08. The molecule has 4 rings (SSSR count). The van der Waals surface area contributed by atoms with Crippen LogP contribution in [-0.2, 0) is 31.0 Å². The molecule has 0 spiro atoms. The summed E-state index contributed by atoms with van der Waals surface area (Å²) in [7, 11) is -3.59. The standard InChI is InChI=1S/C23H34N4O5S/c1-17-15-26(16-18(2)32-17)33(30,31)25-12-10-24(11-13-25)23(29)14-22-21-7-5-4-6-20(21)8-9-27(22)19(3)28/h4-7,17-18,22H,8-16H2,1-3H3. The quantitative estimate of drug-likeness (QED) is 0.645. The molecule has 2 fully saturated rings. The van der Waals surface area contributed by atoms with Crippen molar-refractivity contribution in [2.75, 3.05) is 45.8 Å². The molecule has 0 bridgehead atoms. The number of benzene rings is 1. The van der Waals surface area contributed by atoms with Gasteiger partial charge in [0, 0.05) is 52.7 Å². The molecule has 3 aliphatic rings. The predicted molar refractivity (Wildman–Crippen MR) is 124 cm³/mol. The molecule has 9 nitrogen and oxygen atoms in total. The number of hydrogen-bond acceptors (Lipinski definition) is 5. The van der Waals surface area contributed by atoms with Crippen molar-refractivity contribution in [3.63, 3.8) is 0 Å². The van der Waals surface area contributed by atoms with E-state index in [0.29, 0.717) is 32.7 Å². The molecule has 1 aromatic rings. The second-order valence-electron chi connectivity index (χ2n) is 9.24. The van der Waals surface area contributed by atoms with Crippen molar-refractivity contribution in [3.8, 4) is 0 Å². The topological polar surface area (TPSA) is 90.5 Å². The Kier molecular flexibility index (Phi) is 7.09. The maximum Gasteiger partial charge on any atom is 0.282 e. The van der Waals surface area contributed by atoms with Crippen LogP contribution >= 0.6 is 0 Å². The molecule has 3 atom stereocenters. The lowest BCUT2D eigenvalue weighted by atomic mass is 9.90. The number of carbonyl (C=O) groups excluding carboxylic acids is 2. The Bertz CT molecular complexity index is 982. The smallest absolute Gasteiger partial charge is 0.282 e. The van der Waals surface area contributed by atoms with Crippen LogP contribution in [0.25, 0.3) is 0 Å². The number of fused-ring (bicyclic) bond motifs is 1. The van der Waals surface area contributed by atoms with E-state index < -0.39 is 10.2 Å². The minimum absolute atomic E-state index is 0.0350. The third-order valence-electron chi connectivity index (χ3n) is 6.81. The van der Waals surface area contributed by atoms with E-state index in [1.54, 1.807) is 16.7 Å². The fraction of sp³-hybridized carbons (Fsp3) is 0.652. The highest BCUT2D eigenvalue weighted by Crippen LogP contribution is 2.33. The lowest BCUT2D eigenvalue weighted by Gasteiger charge is -2.41. The lowest BCUT2D eigenvalue weighted by molar-refractivity contribution is -0.137. The molecule has 10 heteroatoms. The van der Waals surface area contributed by atoms with Crippen LogP contribution in [0, 0.1) is 0 Å². The number of nitrogens with zero attached hydrogens (tertiary/aromatic N) is 4. The highest BCUT2D eigenvalue weighted by molar-refractivity contribution is 7.86. The minimum Gasteiger partial charge on any atom is -0.373 e. The molecule has 0 radical (unpaired) electrons. The zero-order valence-electron chi connectivity index (χ0n) is 19.6. The molecular weight excluding hydrogens is 444 g/mol. The second-order valence-corrected chi connectivity index (χ2v) is 11.2. The van der Waals surface area contributed by atoms with Crippen LogP contribution in [0.15, 0.2) is 24.3 Å². The van der Waals surface area contributed by atoms with Crippen LogP contribution in [0.3, 0.4) is 0 Å². The Hall–Kier alpha value is -2.01. The van der Waals surface area contributed by atoms with Crippen molar-refractivity contribution in [2.45, 2.75) is 51.9 Å². The molecule has 0 saturated carbocycles. The summed E-state index contributed by atoms with van der Waals surface area (Å²) >= 11 is 0. The van der Waals surface area contributed by atoms with Gasteiger partial charge in [0.25, 0.3) is 10.2 Å². The van der Waals surface area contributed by atoms with Crippen LogP contribution in [0.5, 0.6) is 0 Å². The highest BCUT2D eigenvalue weighted by atomic mass is 32.2. The summed E-state index contributed by atoms with van der Waals surface area (Å²) in [5.41, 5.74) is 2.21. The first-order chi connectivity index (χ1) is 15.7. The Morgan fingerprint density at radius 1 is 0.970 bits per heavy atom. The normalized spacial score (nSPS) is 27.3. The van der Waals surface area contributed by atoms with Gasteiger partial charge in [0.1, 0.15) is 0 Å². The Balaban J connectivity index is 1.40. The maximum absolute atomic E-state index is 13.2. The summed E-state index contributed by atoms with van der Waals surface area (Å²) in [4.78, 5) is 28.9. The van der Waals surface area contributed by atoms with Crippen molar-refractivity contribution >= 4 is 22.0 Å². The van der Waals surface area contributed by atoms with Gasteiger partial charge in [-0.2, -0.15) is 17.0 Å². The fourth-order valence-electron chi connectivity index (χ4n) is 5.19. The van der Waals surface area contributed by atoms with Gasteiger partial charge in [0.05, 0.1) is 24.7 Å². The summed E-state index contributed by atoms with van der Waals surface area (Å²) in [5, 5.41) is 0. The molecule has 3 heterocycles. The first-order valence-electron chi connectivity index (χ1n) is 11.7. The van der Waals surface area contributed by atoms with Crippen LogP contribution in [0.2, 0.25) is 0 Å². The van der Waals surface area contributed by atoms with Crippen molar-refractivity contribution in [3.05, 3.63) is 35.4 Å². The van der Waals surface area contributed by atoms with Crippen molar-refractivity contribution < 1.29 is 22.7 Å². The summed E-state index contributed by atoms with van der Waals surface area (Å²) in [6.07, 6.45) is 0.709. The number of hydrogen-bond donors (Lipinski definition) is 0. The van der Waals surface area contributed by atoms with E-state index >= 15 is 0 Å². The van der Waals surface area contributed by atoms with Crippen LogP contribution in [0.4, 0.5) is 0 Å². The molecule has 2 saturated heterocycles. The molecule has 3 unspecified atom stereocenters. The average molecular weight is 479 g/mol. The van der Waals surface area contributed by atoms with Gasteiger partial charge < -0.3 is 14.5 Å². The number of rotatable bonds is 4. The van der Waals surface area contributed by atoms with E-state index in [9.17, 15) is 18.0 Å². The predicted octanol–water partition coefficient (Wildman–Crippen LogP) is 1.02. The summed E-state index contributed by atoms with van der Waals surface area (Å²) in [6.45, 7) is 7.82. The SMILES string of the molecule is CC(=O)N1CCc2ccccc2C1CC(=O)N1CCN(S(=O)(=O)N2CC(C)OC(C)C2)CC1. The van der Waals surface area contributed by atoms with Gasteiger partial charge in [-0.15, -0.1) is 0 Å². The van der Waals surface area contributed by atoms with E-state index in [-0.39, 0.29) is 49.6 Å². The third-order valence-corrected chi connectivity index (χ3v) is 8.78. The Morgan fingerprint density at radius 3 is 2.24 bits per heavy atom. The van der Waals surface area contributed by atoms with Gasteiger partial charge >= 0.3 is 0 Å². The lowest BCUT2D eigenvalue weighted by Crippen LogP contribution is -2.57. The van der Waals surface area contributed by atoms with Crippen LogP contribution in [-0.4, -0.2) is 96.7 Å². The van der Waals surface area contributed by atoms with Gasteiger partial charge in [0.15, 0.2) is 0 Å². The number of morpholine rings is 1. The number of carbonyl (C=O) groups is 2. The first-order valence-corrected chi connectivity index (χ1v) is 13.1. The number of piperazine rings is 1. The molecule has 182 valence electrons. The minimum atomic E-state index is -3.59. The Labute approximate surface area is 196 Å². The Morgan fingerprint density at radius 2 is 1.61 bits per heavy atom. The van der Waals surface area contributed by atoms with Gasteiger partial charge in [0.2, 0.25) is 11.8 Å². The molecule has 1 aromatic carbocycles.